The Morgan fingerprint density at radius 3 is 2.09 bits per heavy atom. The highest BCUT2D eigenvalue weighted by atomic mass is 32.2. The summed E-state index contributed by atoms with van der Waals surface area (Å²) in [7, 11) is -4.15. The summed E-state index contributed by atoms with van der Waals surface area (Å²) in [5.74, 6) is 0.0165. The summed E-state index contributed by atoms with van der Waals surface area (Å²) in [6.07, 6.45) is 3.78. The maximum atomic E-state index is 12.4. The van der Waals surface area contributed by atoms with E-state index in [-0.39, 0.29) is 34.9 Å². The number of rotatable bonds is 10. The van der Waals surface area contributed by atoms with E-state index < -0.39 is 20.0 Å². The molecule has 0 aromatic heterocycles. The Balaban J connectivity index is 1.47. The van der Waals surface area contributed by atoms with Gasteiger partial charge in [0, 0.05) is 26.7 Å². The van der Waals surface area contributed by atoms with Gasteiger partial charge >= 0.3 is 0 Å². The molecule has 1 fully saturated rings. The molecule has 180 valence electrons. The number of hydrogen-bond acceptors (Lipinski definition) is 6. The SMILES string of the molecule is CN(C)S(=O)(=O)c1ccc(CNC(=O)COc2ccc(S(=O)(=O)NC3CCCC3)cc2)cc1. The first-order valence-corrected chi connectivity index (χ1v) is 13.5. The van der Waals surface area contributed by atoms with Crippen LogP contribution in [0.1, 0.15) is 31.2 Å². The van der Waals surface area contributed by atoms with Crippen LogP contribution in [0.25, 0.3) is 0 Å². The van der Waals surface area contributed by atoms with Gasteiger partial charge in [0.2, 0.25) is 20.0 Å². The Morgan fingerprint density at radius 1 is 0.939 bits per heavy atom. The fourth-order valence-corrected chi connectivity index (χ4v) is 5.64. The molecule has 0 spiro atoms. The van der Waals surface area contributed by atoms with Crippen molar-refractivity contribution in [2.45, 2.75) is 48.1 Å². The Labute approximate surface area is 195 Å². The number of hydrogen-bond donors (Lipinski definition) is 2. The van der Waals surface area contributed by atoms with Crippen LogP contribution < -0.4 is 14.8 Å². The van der Waals surface area contributed by atoms with Crippen molar-refractivity contribution in [2.75, 3.05) is 20.7 Å². The summed E-state index contributed by atoms with van der Waals surface area (Å²) < 4.78 is 58.3. The van der Waals surface area contributed by atoms with E-state index in [0.717, 1.165) is 35.6 Å². The molecule has 0 unspecified atom stereocenters. The number of nitrogens with zero attached hydrogens (tertiary/aromatic N) is 1. The average Bonchev–Trinajstić information content (AvgIpc) is 3.29. The van der Waals surface area contributed by atoms with Crippen molar-refractivity contribution in [3.63, 3.8) is 0 Å². The fraction of sp³-hybridized carbons (Fsp3) is 0.409. The molecule has 0 saturated heterocycles. The molecule has 1 saturated carbocycles. The van der Waals surface area contributed by atoms with Crippen LogP contribution in [0, 0.1) is 0 Å². The maximum absolute atomic E-state index is 12.4. The van der Waals surface area contributed by atoms with Gasteiger partial charge in [-0.15, -0.1) is 0 Å². The largest absolute Gasteiger partial charge is 0.484 e. The van der Waals surface area contributed by atoms with Crippen LogP contribution in [0.4, 0.5) is 0 Å². The number of nitrogens with one attached hydrogen (secondary N) is 2. The zero-order valence-electron chi connectivity index (χ0n) is 18.7. The second-order valence-corrected chi connectivity index (χ2v) is 11.9. The van der Waals surface area contributed by atoms with Crippen LogP contribution in [-0.2, 0) is 31.4 Å². The topological polar surface area (TPSA) is 122 Å². The molecule has 11 heteroatoms. The lowest BCUT2D eigenvalue weighted by Gasteiger charge is -2.13. The van der Waals surface area contributed by atoms with Crippen molar-refractivity contribution >= 4 is 26.0 Å². The second-order valence-electron chi connectivity index (χ2n) is 8.07. The molecule has 2 aromatic carbocycles. The van der Waals surface area contributed by atoms with E-state index in [2.05, 4.69) is 10.0 Å². The molecule has 33 heavy (non-hydrogen) atoms. The molecular formula is C22H29N3O6S2. The van der Waals surface area contributed by atoms with Gasteiger partial charge in [-0.05, 0) is 54.8 Å². The summed E-state index contributed by atoms with van der Waals surface area (Å²) >= 11 is 0. The van der Waals surface area contributed by atoms with E-state index in [0.29, 0.717) is 5.75 Å². The maximum Gasteiger partial charge on any atom is 0.258 e. The molecule has 2 aromatic rings. The Morgan fingerprint density at radius 2 is 1.52 bits per heavy atom. The third kappa shape index (κ3) is 6.76. The van der Waals surface area contributed by atoms with Gasteiger partial charge in [-0.2, -0.15) is 0 Å². The van der Waals surface area contributed by atoms with Crippen molar-refractivity contribution in [1.82, 2.24) is 14.3 Å². The Bertz CT molecular complexity index is 1160. The summed E-state index contributed by atoms with van der Waals surface area (Å²) in [5, 5.41) is 2.70. The van der Waals surface area contributed by atoms with Crippen molar-refractivity contribution in [3.8, 4) is 5.75 Å². The van der Waals surface area contributed by atoms with E-state index in [9.17, 15) is 21.6 Å². The summed E-state index contributed by atoms with van der Waals surface area (Å²) in [5.41, 5.74) is 0.741. The molecule has 1 aliphatic rings. The van der Waals surface area contributed by atoms with E-state index in [1.165, 1.54) is 50.5 Å². The van der Waals surface area contributed by atoms with Crippen molar-refractivity contribution < 1.29 is 26.4 Å². The van der Waals surface area contributed by atoms with Gasteiger partial charge in [0.1, 0.15) is 5.75 Å². The van der Waals surface area contributed by atoms with Crippen molar-refractivity contribution in [2.24, 2.45) is 0 Å². The van der Waals surface area contributed by atoms with Crippen LogP contribution in [-0.4, -0.2) is 53.8 Å². The minimum atomic E-state index is -3.57. The average molecular weight is 496 g/mol. The molecule has 3 rings (SSSR count). The van der Waals surface area contributed by atoms with Crippen molar-refractivity contribution in [1.29, 1.82) is 0 Å². The van der Waals surface area contributed by atoms with E-state index in [4.69, 9.17) is 4.74 Å². The molecule has 9 nitrogen and oxygen atoms in total. The van der Waals surface area contributed by atoms with Crippen LogP contribution in [0.2, 0.25) is 0 Å². The third-order valence-electron chi connectivity index (χ3n) is 5.37. The zero-order chi connectivity index (χ0) is 24.1. The first kappa shape index (κ1) is 25.2. The van der Waals surface area contributed by atoms with Gasteiger partial charge in [0.25, 0.3) is 5.91 Å². The molecule has 0 heterocycles. The zero-order valence-corrected chi connectivity index (χ0v) is 20.3. The molecule has 0 bridgehead atoms. The minimum Gasteiger partial charge on any atom is -0.484 e. The summed E-state index contributed by atoms with van der Waals surface area (Å²) in [4.78, 5) is 12.4. The summed E-state index contributed by atoms with van der Waals surface area (Å²) in [6, 6.07) is 12.2. The first-order valence-electron chi connectivity index (χ1n) is 10.6. The molecule has 1 aliphatic carbocycles. The Hall–Kier alpha value is -2.47. The van der Waals surface area contributed by atoms with Crippen LogP contribution in [0.5, 0.6) is 5.75 Å². The predicted molar refractivity (Wildman–Crippen MR) is 124 cm³/mol. The number of amides is 1. The molecule has 0 atom stereocenters. The van der Waals surface area contributed by atoms with Gasteiger partial charge in [-0.25, -0.2) is 25.9 Å². The molecule has 2 N–H and O–H groups in total. The highest BCUT2D eigenvalue weighted by molar-refractivity contribution is 7.89. The van der Waals surface area contributed by atoms with Crippen LogP contribution in [0.15, 0.2) is 58.3 Å². The second kappa shape index (κ2) is 10.6. The Kier molecular flexibility index (Phi) is 8.11. The number of carbonyl (C=O) groups is 1. The lowest BCUT2D eigenvalue weighted by atomic mass is 10.2. The van der Waals surface area contributed by atoms with Crippen LogP contribution >= 0.6 is 0 Å². The van der Waals surface area contributed by atoms with Gasteiger partial charge in [0.05, 0.1) is 9.79 Å². The van der Waals surface area contributed by atoms with Gasteiger partial charge in [-0.1, -0.05) is 25.0 Å². The first-order chi connectivity index (χ1) is 15.6. The van der Waals surface area contributed by atoms with Crippen molar-refractivity contribution in [3.05, 3.63) is 54.1 Å². The highest BCUT2D eigenvalue weighted by Crippen LogP contribution is 2.21. The number of benzene rings is 2. The molecular weight excluding hydrogens is 466 g/mol. The molecule has 0 radical (unpaired) electrons. The number of sulfonamides is 2. The normalized spacial score (nSPS) is 15.0. The monoisotopic (exact) mass is 495 g/mol. The van der Waals surface area contributed by atoms with E-state index in [1.54, 1.807) is 12.1 Å². The standard InChI is InChI=1S/C22H29N3O6S2/c1-25(2)33(29,30)21-11-7-17(8-12-21)15-23-22(26)16-31-19-9-13-20(14-10-19)32(27,28)24-18-5-3-4-6-18/h7-14,18,24H,3-6,15-16H2,1-2H3,(H,23,26). The number of carbonyl (C=O) groups excluding carboxylic acids is 1. The fourth-order valence-electron chi connectivity index (χ4n) is 3.44. The van der Waals surface area contributed by atoms with E-state index >= 15 is 0 Å². The van der Waals surface area contributed by atoms with Gasteiger partial charge in [0.15, 0.2) is 6.61 Å². The minimum absolute atomic E-state index is 0.0109. The third-order valence-corrected chi connectivity index (χ3v) is 8.74. The predicted octanol–water partition coefficient (Wildman–Crippen LogP) is 1.85. The smallest absolute Gasteiger partial charge is 0.258 e. The van der Waals surface area contributed by atoms with E-state index in [1.807, 2.05) is 0 Å². The summed E-state index contributed by atoms with van der Waals surface area (Å²) in [6.45, 7) is -0.0198. The lowest BCUT2D eigenvalue weighted by molar-refractivity contribution is -0.123. The molecule has 1 amide bonds. The lowest BCUT2D eigenvalue weighted by Crippen LogP contribution is -2.32. The highest BCUT2D eigenvalue weighted by Gasteiger charge is 2.23. The van der Waals surface area contributed by atoms with Gasteiger partial charge in [-0.3, -0.25) is 4.79 Å². The quantitative estimate of drug-likeness (QED) is 0.519. The molecule has 0 aliphatic heterocycles. The van der Waals surface area contributed by atoms with Crippen LogP contribution in [0.3, 0.4) is 0 Å². The number of ether oxygens (including phenoxy) is 1. The van der Waals surface area contributed by atoms with Gasteiger partial charge < -0.3 is 10.1 Å².